The van der Waals surface area contributed by atoms with Gasteiger partial charge in [0, 0.05) is 43.3 Å². The molecule has 0 amide bonds. The van der Waals surface area contributed by atoms with E-state index in [0.29, 0.717) is 25.7 Å². The van der Waals surface area contributed by atoms with Gasteiger partial charge in [0.2, 0.25) is 10.0 Å². The molecule has 8 heteroatoms. The molecular formula is C18H24FNO5S. The van der Waals surface area contributed by atoms with Crippen LogP contribution in [-0.2, 0) is 14.8 Å². The minimum absolute atomic E-state index is 0.0144. The van der Waals surface area contributed by atoms with Crippen LogP contribution >= 0.6 is 0 Å². The maximum absolute atomic E-state index is 14.6. The number of nitrogens with zero attached hydrogens (tertiary/aromatic N) is 1. The Balaban J connectivity index is 1.69. The molecule has 0 radical (unpaired) electrons. The molecule has 3 fully saturated rings. The van der Waals surface area contributed by atoms with Crippen molar-refractivity contribution in [3.8, 4) is 11.5 Å². The zero-order chi connectivity index (χ0) is 18.5. The van der Waals surface area contributed by atoms with Crippen molar-refractivity contribution in [2.24, 2.45) is 11.3 Å². The first-order valence-electron chi connectivity index (χ1n) is 8.94. The molecular weight excluding hydrogens is 361 g/mol. The van der Waals surface area contributed by atoms with Crippen molar-refractivity contribution in [3.63, 3.8) is 0 Å². The van der Waals surface area contributed by atoms with Crippen LogP contribution in [0.5, 0.6) is 11.5 Å². The van der Waals surface area contributed by atoms with Gasteiger partial charge in [-0.05, 0) is 31.6 Å². The molecule has 1 aromatic rings. The van der Waals surface area contributed by atoms with Crippen molar-refractivity contribution in [3.05, 3.63) is 17.9 Å². The molecule has 1 aromatic carbocycles. The number of rotatable bonds is 5. The summed E-state index contributed by atoms with van der Waals surface area (Å²) in [4.78, 5) is -0.345. The second-order valence-electron chi connectivity index (χ2n) is 7.44. The second-order valence-corrected chi connectivity index (χ2v) is 9.30. The van der Waals surface area contributed by atoms with E-state index < -0.39 is 15.8 Å². The van der Waals surface area contributed by atoms with Gasteiger partial charge in [-0.3, -0.25) is 0 Å². The Bertz CT molecular complexity index is 802. The zero-order valence-electron chi connectivity index (χ0n) is 15.0. The Kier molecular flexibility index (Phi) is 4.40. The molecule has 0 aromatic heterocycles. The molecule has 144 valence electrons. The molecule has 1 aliphatic carbocycles. The van der Waals surface area contributed by atoms with Crippen LogP contribution < -0.4 is 9.47 Å². The lowest BCUT2D eigenvalue weighted by Gasteiger charge is -2.58. The first kappa shape index (κ1) is 18.0. The molecule has 0 bridgehead atoms. The fourth-order valence-electron chi connectivity index (χ4n) is 4.47. The molecule has 1 saturated carbocycles. The number of hydrogen-bond acceptors (Lipinski definition) is 5. The summed E-state index contributed by atoms with van der Waals surface area (Å²) in [5, 5.41) is 0. The first-order valence-corrected chi connectivity index (χ1v) is 10.4. The highest BCUT2D eigenvalue weighted by Gasteiger charge is 2.61. The van der Waals surface area contributed by atoms with E-state index in [-0.39, 0.29) is 27.9 Å². The van der Waals surface area contributed by atoms with Gasteiger partial charge in [0.1, 0.15) is 10.7 Å². The molecule has 0 N–H and O–H groups in total. The predicted molar refractivity (Wildman–Crippen MR) is 92.4 cm³/mol. The monoisotopic (exact) mass is 385 g/mol. The van der Waals surface area contributed by atoms with Crippen LogP contribution in [0.4, 0.5) is 4.39 Å². The Labute approximate surface area is 153 Å². The van der Waals surface area contributed by atoms with Crippen molar-refractivity contribution in [2.75, 3.05) is 34.0 Å². The summed E-state index contributed by atoms with van der Waals surface area (Å²) in [6.07, 6.45) is 3.81. The average Bonchev–Trinajstić information content (AvgIpc) is 3.44. The fourth-order valence-corrected chi connectivity index (χ4v) is 6.40. The highest BCUT2D eigenvalue weighted by Crippen LogP contribution is 2.56. The summed E-state index contributed by atoms with van der Waals surface area (Å²) in [5.74, 6) is -0.0612. The number of methoxy groups -OCH3 is 2. The Morgan fingerprint density at radius 3 is 2.35 bits per heavy atom. The minimum Gasteiger partial charge on any atom is -0.493 e. The van der Waals surface area contributed by atoms with Crippen LogP contribution in [0.25, 0.3) is 0 Å². The van der Waals surface area contributed by atoms with Gasteiger partial charge >= 0.3 is 0 Å². The zero-order valence-corrected chi connectivity index (χ0v) is 15.9. The molecule has 2 heterocycles. The van der Waals surface area contributed by atoms with Gasteiger partial charge < -0.3 is 14.2 Å². The summed E-state index contributed by atoms with van der Waals surface area (Å²) in [6.45, 7) is 1.78. The third-order valence-corrected chi connectivity index (χ3v) is 7.83. The van der Waals surface area contributed by atoms with Crippen LogP contribution in [0.3, 0.4) is 0 Å². The van der Waals surface area contributed by atoms with Crippen LogP contribution in [-0.4, -0.2) is 52.7 Å². The Hall–Kier alpha value is -1.38. The molecule has 1 spiro atoms. The maximum atomic E-state index is 14.6. The van der Waals surface area contributed by atoms with Crippen LogP contribution in [0, 0.1) is 17.2 Å². The number of halogens is 1. The van der Waals surface area contributed by atoms with E-state index in [1.54, 1.807) is 0 Å². The first-order chi connectivity index (χ1) is 12.4. The van der Waals surface area contributed by atoms with Crippen molar-refractivity contribution in [1.82, 2.24) is 4.31 Å². The molecule has 1 atom stereocenters. The lowest BCUT2D eigenvalue weighted by Crippen LogP contribution is -2.68. The van der Waals surface area contributed by atoms with Crippen molar-refractivity contribution >= 4 is 10.0 Å². The fraction of sp³-hybridized carbons (Fsp3) is 0.667. The van der Waals surface area contributed by atoms with Crippen LogP contribution in [0.1, 0.15) is 25.7 Å². The van der Waals surface area contributed by atoms with Gasteiger partial charge in [0.25, 0.3) is 0 Å². The SMILES string of the molecule is COc1cc(F)c(S(=O)(=O)N2CC3(CCOCC3)C2C2CC2)cc1OC. The summed E-state index contributed by atoms with van der Waals surface area (Å²) in [5.41, 5.74) is -0.0144. The minimum atomic E-state index is -3.94. The number of sulfonamides is 1. The Morgan fingerprint density at radius 2 is 1.77 bits per heavy atom. The van der Waals surface area contributed by atoms with Gasteiger partial charge in [0.05, 0.1) is 14.2 Å². The van der Waals surface area contributed by atoms with Gasteiger partial charge in [-0.15, -0.1) is 0 Å². The number of hydrogen-bond donors (Lipinski definition) is 0. The van der Waals surface area contributed by atoms with Crippen molar-refractivity contribution in [2.45, 2.75) is 36.6 Å². The molecule has 2 saturated heterocycles. The summed E-state index contributed by atoms with van der Waals surface area (Å²) >= 11 is 0. The van der Waals surface area contributed by atoms with E-state index in [1.807, 2.05) is 0 Å². The van der Waals surface area contributed by atoms with E-state index in [2.05, 4.69) is 0 Å². The van der Waals surface area contributed by atoms with Crippen LogP contribution in [0.15, 0.2) is 17.0 Å². The Morgan fingerprint density at radius 1 is 1.15 bits per heavy atom. The van der Waals surface area contributed by atoms with E-state index >= 15 is 0 Å². The van der Waals surface area contributed by atoms with E-state index in [4.69, 9.17) is 14.2 Å². The van der Waals surface area contributed by atoms with Gasteiger partial charge in [0.15, 0.2) is 11.5 Å². The number of ether oxygens (including phenoxy) is 3. The molecule has 26 heavy (non-hydrogen) atoms. The smallest absolute Gasteiger partial charge is 0.246 e. The van der Waals surface area contributed by atoms with Crippen LogP contribution in [0.2, 0.25) is 0 Å². The predicted octanol–water partition coefficient (Wildman–Crippen LogP) is 2.42. The lowest BCUT2D eigenvalue weighted by atomic mass is 9.66. The number of benzene rings is 1. The molecule has 3 aliphatic rings. The molecule has 6 nitrogen and oxygen atoms in total. The summed E-state index contributed by atoms with van der Waals surface area (Å²) in [6, 6.07) is 2.24. The van der Waals surface area contributed by atoms with E-state index in [1.165, 1.54) is 24.6 Å². The highest BCUT2D eigenvalue weighted by atomic mass is 32.2. The van der Waals surface area contributed by atoms with Gasteiger partial charge in [-0.25, -0.2) is 12.8 Å². The standard InChI is InChI=1S/C18H24FNO5S/c1-23-14-9-13(19)16(10-15(14)24-2)26(21,22)20-11-18(5-7-25-8-6-18)17(20)12-3-4-12/h9-10,12,17H,3-8,11H2,1-2H3. The second kappa shape index (κ2) is 6.35. The molecule has 4 rings (SSSR count). The topological polar surface area (TPSA) is 65.1 Å². The third-order valence-electron chi connectivity index (χ3n) is 5.99. The van der Waals surface area contributed by atoms with Gasteiger partial charge in [-0.2, -0.15) is 4.31 Å². The van der Waals surface area contributed by atoms with Crippen molar-refractivity contribution < 1.29 is 27.0 Å². The summed E-state index contributed by atoms with van der Waals surface area (Å²) in [7, 11) is -1.15. The molecule has 1 unspecified atom stereocenters. The van der Waals surface area contributed by atoms with Crippen molar-refractivity contribution in [1.29, 1.82) is 0 Å². The summed E-state index contributed by atoms with van der Waals surface area (Å²) < 4.78 is 58.2. The molecule has 2 aliphatic heterocycles. The lowest BCUT2D eigenvalue weighted by molar-refractivity contribution is -0.101. The van der Waals surface area contributed by atoms with E-state index in [9.17, 15) is 12.8 Å². The maximum Gasteiger partial charge on any atom is 0.246 e. The quantitative estimate of drug-likeness (QED) is 0.779. The normalized spacial score (nSPS) is 25.7. The van der Waals surface area contributed by atoms with E-state index in [0.717, 1.165) is 31.7 Å². The highest BCUT2D eigenvalue weighted by molar-refractivity contribution is 7.89. The average molecular weight is 385 g/mol. The third kappa shape index (κ3) is 2.70. The van der Waals surface area contributed by atoms with Gasteiger partial charge in [-0.1, -0.05) is 0 Å². The largest absolute Gasteiger partial charge is 0.493 e.